The molecule has 3 aromatic heterocycles. The zero-order valence-electron chi connectivity index (χ0n) is 13.0. The number of anilines is 1. The summed E-state index contributed by atoms with van der Waals surface area (Å²) in [6.45, 7) is 3.62. The smallest absolute Gasteiger partial charge is 0.280 e. The number of hydrogen-bond donors (Lipinski definition) is 2. The minimum atomic E-state index is -0.159. The first-order valence-corrected chi connectivity index (χ1v) is 7.82. The summed E-state index contributed by atoms with van der Waals surface area (Å²) in [7, 11) is 0. The lowest BCUT2D eigenvalue weighted by molar-refractivity contribution is 0.584. The summed E-state index contributed by atoms with van der Waals surface area (Å²) >= 11 is 0. The van der Waals surface area contributed by atoms with Gasteiger partial charge in [0, 0.05) is 56.4 Å². The molecule has 8 nitrogen and oxygen atoms in total. The minimum absolute atomic E-state index is 0.159. The molecule has 1 fully saturated rings. The van der Waals surface area contributed by atoms with Crippen LogP contribution in [0.5, 0.6) is 0 Å². The maximum atomic E-state index is 12.7. The van der Waals surface area contributed by atoms with Crippen molar-refractivity contribution in [2.45, 2.75) is 0 Å². The first-order valence-electron chi connectivity index (χ1n) is 7.82. The van der Waals surface area contributed by atoms with Gasteiger partial charge in [0.15, 0.2) is 5.82 Å². The second kappa shape index (κ2) is 6.25. The van der Waals surface area contributed by atoms with Gasteiger partial charge in [0.25, 0.3) is 5.56 Å². The van der Waals surface area contributed by atoms with Crippen molar-refractivity contribution in [1.29, 1.82) is 0 Å². The number of nitrogens with zero attached hydrogens (tertiary/aromatic N) is 5. The Hall–Kier alpha value is -3.00. The normalized spacial score (nSPS) is 14.8. The van der Waals surface area contributed by atoms with Crippen LogP contribution in [0.15, 0.2) is 47.9 Å². The van der Waals surface area contributed by atoms with E-state index < -0.39 is 0 Å². The average molecular weight is 323 g/mol. The predicted molar refractivity (Wildman–Crippen MR) is 90.3 cm³/mol. The van der Waals surface area contributed by atoms with E-state index in [0.29, 0.717) is 11.4 Å². The molecule has 1 aliphatic heterocycles. The Kier molecular flexibility index (Phi) is 3.80. The van der Waals surface area contributed by atoms with Crippen molar-refractivity contribution in [2.24, 2.45) is 0 Å². The Labute approximate surface area is 138 Å². The van der Waals surface area contributed by atoms with Crippen molar-refractivity contribution < 1.29 is 0 Å². The highest BCUT2D eigenvalue weighted by atomic mass is 16.1. The molecule has 2 N–H and O–H groups in total. The lowest BCUT2D eigenvalue weighted by Crippen LogP contribution is -2.44. The molecule has 0 bridgehead atoms. The predicted octanol–water partition coefficient (Wildman–Crippen LogP) is 0.427. The van der Waals surface area contributed by atoms with E-state index >= 15 is 0 Å². The molecule has 0 saturated carbocycles. The maximum absolute atomic E-state index is 12.7. The fourth-order valence-corrected chi connectivity index (χ4v) is 2.80. The highest BCUT2D eigenvalue weighted by Gasteiger charge is 2.15. The minimum Gasteiger partial charge on any atom is -0.354 e. The lowest BCUT2D eigenvalue weighted by atomic mass is 10.2. The number of aromatic nitrogens is 5. The summed E-state index contributed by atoms with van der Waals surface area (Å²) in [5.74, 6) is 1.35. The summed E-state index contributed by atoms with van der Waals surface area (Å²) in [5, 5.41) is 6.28. The van der Waals surface area contributed by atoms with E-state index in [9.17, 15) is 4.79 Å². The third-order valence-corrected chi connectivity index (χ3v) is 4.05. The van der Waals surface area contributed by atoms with E-state index in [2.05, 4.69) is 30.3 Å². The molecule has 1 saturated heterocycles. The number of rotatable bonds is 3. The molecular weight excluding hydrogens is 306 g/mol. The van der Waals surface area contributed by atoms with Gasteiger partial charge in [0.1, 0.15) is 12.1 Å². The van der Waals surface area contributed by atoms with Crippen LogP contribution >= 0.6 is 0 Å². The van der Waals surface area contributed by atoms with Crippen LogP contribution in [0.2, 0.25) is 0 Å². The van der Waals surface area contributed by atoms with Gasteiger partial charge in [0.2, 0.25) is 0 Å². The zero-order valence-corrected chi connectivity index (χ0v) is 13.0. The summed E-state index contributed by atoms with van der Waals surface area (Å²) in [5.41, 5.74) is 1.17. The molecule has 0 spiro atoms. The molecule has 24 heavy (non-hydrogen) atoms. The molecule has 0 unspecified atom stereocenters. The Balaban J connectivity index is 1.70. The van der Waals surface area contributed by atoms with E-state index in [1.165, 1.54) is 11.0 Å². The number of piperazine rings is 1. The van der Waals surface area contributed by atoms with Crippen LogP contribution in [0.1, 0.15) is 0 Å². The van der Waals surface area contributed by atoms with Gasteiger partial charge < -0.3 is 10.2 Å². The van der Waals surface area contributed by atoms with Gasteiger partial charge in [-0.2, -0.15) is 0 Å². The molecule has 0 amide bonds. The van der Waals surface area contributed by atoms with Crippen LogP contribution < -0.4 is 15.8 Å². The molecule has 0 aromatic carbocycles. The van der Waals surface area contributed by atoms with Gasteiger partial charge in [-0.3, -0.25) is 14.9 Å². The molecule has 3 aromatic rings. The lowest BCUT2D eigenvalue weighted by Gasteiger charge is -2.28. The van der Waals surface area contributed by atoms with Crippen molar-refractivity contribution in [3.8, 4) is 16.9 Å². The van der Waals surface area contributed by atoms with Crippen molar-refractivity contribution in [2.75, 3.05) is 31.1 Å². The summed E-state index contributed by atoms with van der Waals surface area (Å²) < 4.78 is 1.43. The van der Waals surface area contributed by atoms with Crippen LogP contribution in [0.4, 0.5) is 5.82 Å². The first kappa shape index (κ1) is 14.6. The Morgan fingerprint density at radius 2 is 1.96 bits per heavy atom. The van der Waals surface area contributed by atoms with Crippen molar-refractivity contribution in [3.05, 3.63) is 53.5 Å². The van der Waals surface area contributed by atoms with Crippen molar-refractivity contribution in [1.82, 2.24) is 30.0 Å². The monoisotopic (exact) mass is 323 g/mol. The summed E-state index contributed by atoms with van der Waals surface area (Å²) in [4.78, 5) is 27.5. The summed E-state index contributed by atoms with van der Waals surface area (Å²) in [6.07, 6.45) is 6.51. The Morgan fingerprint density at radius 3 is 2.75 bits per heavy atom. The number of nitrogens with one attached hydrogen (secondary N) is 2. The standard InChI is InChI=1S/C16H17N7O/c24-16-13(12-2-1-3-18-9-12)10-21-23(16)15-8-14(19-11-20-15)22-6-4-17-5-7-22/h1-3,8-11,17,21H,4-7H2. The molecule has 122 valence electrons. The SMILES string of the molecule is O=c1c(-c2cccnc2)c[nH]n1-c1cc(N2CCNCC2)ncn1. The molecule has 0 atom stereocenters. The number of H-pyrrole nitrogens is 1. The van der Waals surface area contributed by atoms with Crippen molar-refractivity contribution >= 4 is 5.82 Å². The largest absolute Gasteiger partial charge is 0.354 e. The van der Waals surface area contributed by atoms with Gasteiger partial charge >= 0.3 is 0 Å². The highest BCUT2D eigenvalue weighted by molar-refractivity contribution is 5.60. The van der Waals surface area contributed by atoms with Gasteiger partial charge in [0.05, 0.1) is 5.56 Å². The molecule has 8 heteroatoms. The molecular formula is C16H17N7O. The van der Waals surface area contributed by atoms with Gasteiger partial charge in [-0.25, -0.2) is 14.6 Å². The molecule has 0 radical (unpaired) electrons. The molecule has 4 heterocycles. The van der Waals surface area contributed by atoms with Crippen LogP contribution in [0.25, 0.3) is 16.9 Å². The fourth-order valence-electron chi connectivity index (χ4n) is 2.80. The first-order chi connectivity index (χ1) is 11.8. The quantitative estimate of drug-likeness (QED) is 0.726. The van der Waals surface area contributed by atoms with Crippen LogP contribution in [0, 0.1) is 0 Å². The summed E-state index contributed by atoms with van der Waals surface area (Å²) in [6, 6.07) is 5.49. The average Bonchev–Trinajstić information content (AvgIpc) is 3.05. The van der Waals surface area contributed by atoms with Crippen LogP contribution in [-0.2, 0) is 0 Å². The second-order valence-corrected chi connectivity index (χ2v) is 5.54. The highest BCUT2D eigenvalue weighted by Crippen LogP contribution is 2.16. The topological polar surface area (TPSA) is 91.7 Å². The Bertz CT molecular complexity index is 881. The third kappa shape index (κ3) is 2.67. The number of pyridine rings is 1. The van der Waals surface area contributed by atoms with Crippen LogP contribution in [-0.4, -0.2) is 50.9 Å². The van der Waals surface area contributed by atoms with E-state index in [1.807, 2.05) is 12.1 Å². The zero-order chi connectivity index (χ0) is 16.4. The molecule has 0 aliphatic carbocycles. The molecule has 4 rings (SSSR count). The fraction of sp³-hybridized carbons (Fsp3) is 0.250. The van der Waals surface area contributed by atoms with Crippen molar-refractivity contribution in [3.63, 3.8) is 0 Å². The van der Waals surface area contributed by atoms with Gasteiger partial charge in [-0.15, -0.1) is 0 Å². The Morgan fingerprint density at radius 1 is 1.12 bits per heavy atom. The maximum Gasteiger partial charge on any atom is 0.280 e. The number of aromatic amines is 1. The van der Waals surface area contributed by atoms with E-state index in [1.54, 1.807) is 24.7 Å². The van der Waals surface area contributed by atoms with E-state index in [4.69, 9.17) is 0 Å². The van der Waals surface area contributed by atoms with Gasteiger partial charge in [-0.05, 0) is 6.07 Å². The third-order valence-electron chi connectivity index (χ3n) is 4.05. The van der Waals surface area contributed by atoms with E-state index in [0.717, 1.165) is 37.6 Å². The van der Waals surface area contributed by atoms with E-state index in [-0.39, 0.29) is 5.56 Å². The molecule has 1 aliphatic rings. The number of hydrogen-bond acceptors (Lipinski definition) is 6. The second-order valence-electron chi connectivity index (χ2n) is 5.54. The van der Waals surface area contributed by atoms with Gasteiger partial charge in [-0.1, -0.05) is 6.07 Å². The van der Waals surface area contributed by atoms with Crippen LogP contribution in [0.3, 0.4) is 0 Å².